The van der Waals surface area contributed by atoms with Crippen molar-refractivity contribution in [3.05, 3.63) is 40.2 Å². The maximum Gasteiger partial charge on any atom is 0.308 e. The van der Waals surface area contributed by atoms with Crippen molar-refractivity contribution >= 4 is 23.2 Å². The molecule has 1 amide bonds. The highest BCUT2D eigenvalue weighted by atomic mass is 32.1. The maximum absolute atomic E-state index is 12.3. The number of nitrogens with one attached hydrogen (secondary N) is 1. The second kappa shape index (κ2) is 6.70. The monoisotopic (exact) mass is 318 g/mol. The van der Waals surface area contributed by atoms with Crippen LogP contribution in [0, 0.1) is 12.8 Å². The van der Waals surface area contributed by atoms with Gasteiger partial charge in [-0.25, -0.2) is 0 Å². The summed E-state index contributed by atoms with van der Waals surface area (Å²) in [6.07, 6.45) is 0. The number of hydrogen-bond acceptors (Lipinski definition) is 4. The molecular formula is C16H18N2O3S. The third kappa shape index (κ3) is 3.51. The molecule has 5 nitrogen and oxygen atoms in total. The Kier molecular flexibility index (Phi) is 4.92. The Labute approximate surface area is 133 Å². The lowest BCUT2D eigenvalue weighted by Crippen LogP contribution is -2.40. The normalized spacial score (nSPS) is 13.4. The van der Waals surface area contributed by atoms with E-state index in [1.165, 1.54) is 0 Å². The zero-order chi connectivity index (χ0) is 16.3. The predicted octanol–water partition coefficient (Wildman–Crippen LogP) is 2.96. The van der Waals surface area contributed by atoms with Gasteiger partial charge in [0.15, 0.2) is 0 Å². The molecule has 0 saturated heterocycles. The van der Waals surface area contributed by atoms with Gasteiger partial charge in [-0.05, 0) is 44.4 Å². The first-order valence-electron chi connectivity index (χ1n) is 6.94. The molecule has 116 valence electrons. The van der Waals surface area contributed by atoms with Gasteiger partial charge in [0.2, 0.25) is 0 Å². The molecular weight excluding hydrogens is 300 g/mol. The fourth-order valence-electron chi connectivity index (χ4n) is 2.00. The highest BCUT2D eigenvalue weighted by Gasteiger charge is 2.22. The van der Waals surface area contributed by atoms with Crippen LogP contribution < -0.4 is 5.32 Å². The molecule has 2 rings (SSSR count). The Morgan fingerprint density at radius 3 is 2.55 bits per heavy atom. The first-order chi connectivity index (χ1) is 10.4. The number of hydrogen-bond donors (Lipinski definition) is 2. The molecule has 0 aliphatic carbocycles. The summed E-state index contributed by atoms with van der Waals surface area (Å²) in [6.45, 7) is 5.02. The largest absolute Gasteiger partial charge is 0.481 e. The van der Waals surface area contributed by atoms with Gasteiger partial charge in [0.25, 0.3) is 5.91 Å². The van der Waals surface area contributed by atoms with Gasteiger partial charge in [0.05, 0.1) is 22.9 Å². The lowest BCUT2D eigenvalue weighted by atomic mass is 10.0. The van der Waals surface area contributed by atoms with Crippen LogP contribution in [-0.4, -0.2) is 28.0 Å². The second-order valence-electron chi connectivity index (χ2n) is 5.23. The quantitative estimate of drug-likeness (QED) is 0.888. The van der Waals surface area contributed by atoms with Gasteiger partial charge in [0.1, 0.15) is 0 Å². The third-order valence-corrected chi connectivity index (χ3v) is 4.33. The Morgan fingerprint density at radius 2 is 2.00 bits per heavy atom. The predicted molar refractivity (Wildman–Crippen MR) is 86.0 cm³/mol. The van der Waals surface area contributed by atoms with Crippen molar-refractivity contribution in [2.45, 2.75) is 26.8 Å². The zero-order valence-corrected chi connectivity index (χ0v) is 13.5. The number of aliphatic carboxylic acids is 1. The van der Waals surface area contributed by atoms with E-state index in [1.807, 2.05) is 16.8 Å². The van der Waals surface area contributed by atoms with Crippen LogP contribution in [0.25, 0.3) is 11.3 Å². The number of amides is 1. The highest BCUT2D eigenvalue weighted by Crippen LogP contribution is 2.21. The number of rotatable bonds is 5. The van der Waals surface area contributed by atoms with Crippen molar-refractivity contribution in [3.63, 3.8) is 0 Å². The van der Waals surface area contributed by atoms with Crippen LogP contribution in [0.15, 0.2) is 29.0 Å². The average molecular weight is 318 g/mol. The van der Waals surface area contributed by atoms with Crippen LogP contribution in [-0.2, 0) is 4.79 Å². The fourth-order valence-corrected chi connectivity index (χ4v) is 2.65. The van der Waals surface area contributed by atoms with E-state index in [-0.39, 0.29) is 5.91 Å². The zero-order valence-electron chi connectivity index (χ0n) is 12.7. The number of carbonyl (C=O) groups excluding carboxylic acids is 1. The molecule has 6 heteroatoms. The van der Waals surface area contributed by atoms with Crippen LogP contribution in [0.5, 0.6) is 0 Å². The van der Waals surface area contributed by atoms with Crippen LogP contribution >= 0.6 is 11.3 Å². The lowest BCUT2D eigenvalue weighted by Gasteiger charge is -2.18. The van der Waals surface area contributed by atoms with Crippen molar-refractivity contribution in [1.29, 1.82) is 0 Å². The molecule has 0 bridgehead atoms. The Morgan fingerprint density at radius 1 is 1.27 bits per heavy atom. The van der Waals surface area contributed by atoms with Gasteiger partial charge >= 0.3 is 5.97 Å². The minimum absolute atomic E-state index is 0.303. The molecule has 22 heavy (non-hydrogen) atoms. The second-order valence-corrected chi connectivity index (χ2v) is 6.01. The standard InChI is InChI=1S/C16H18N2O3S/c1-9(16(20)21)10(2)18-15(19)13-4-5-14(17-11(13)3)12-6-7-22-8-12/h4-10H,1-3H3,(H,18,19)(H,20,21). The summed E-state index contributed by atoms with van der Waals surface area (Å²) in [5, 5.41) is 15.7. The number of aromatic nitrogens is 1. The molecule has 2 atom stereocenters. The first kappa shape index (κ1) is 16.2. The van der Waals surface area contributed by atoms with E-state index in [9.17, 15) is 9.59 Å². The summed E-state index contributed by atoms with van der Waals surface area (Å²) in [6, 6.07) is 5.04. The smallest absolute Gasteiger partial charge is 0.308 e. The molecule has 0 saturated carbocycles. The minimum Gasteiger partial charge on any atom is -0.481 e. The molecule has 2 unspecified atom stereocenters. The summed E-state index contributed by atoms with van der Waals surface area (Å²) >= 11 is 1.59. The molecule has 0 aliphatic rings. The third-order valence-electron chi connectivity index (χ3n) is 3.65. The SMILES string of the molecule is Cc1nc(-c2ccsc2)ccc1C(=O)NC(C)C(C)C(=O)O. The topological polar surface area (TPSA) is 79.3 Å². The molecule has 0 aliphatic heterocycles. The molecule has 0 aromatic carbocycles. The highest BCUT2D eigenvalue weighted by molar-refractivity contribution is 7.08. The molecule has 2 N–H and O–H groups in total. The summed E-state index contributed by atoms with van der Waals surface area (Å²) in [4.78, 5) is 27.7. The van der Waals surface area contributed by atoms with Crippen molar-refractivity contribution in [2.24, 2.45) is 5.92 Å². The summed E-state index contributed by atoms with van der Waals surface area (Å²) in [5.74, 6) is -1.89. The van der Waals surface area contributed by atoms with Gasteiger partial charge in [-0.2, -0.15) is 11.3 Å². The van der Waals surface area contributed by atoms with Gasteiger partial charge in [-0.15, -0.1) is 0 Å². The summed E-state index contributed by atoms with van der Waals surface area (Å²) in [7, 11) is 0. The van der Waals surface area contributed by atoms with Crippen molar-refractivity contribution in [1.82, 2.24) is 10.3 Å². The maximum atomic E-state index is 12.3. The van der Waals surface area contributed by atoms with Gasteiger partial charge in [0, 0.05) is 17.0 Å². The number of pyridine rings is 1. The first-order valence-corrected chi connectivity index (χ1v) is 7.88. The molecule has 0 spiro atoms. The van der Waals surface area contributed by atoms with Crippen molar-refractivity contribution in [3.8, 4) is 11.3 Å². The van der Waals surface area contributed by atoms with E-state index < -0.39 is 17.9 Å². The van der Waals surface area contributed by atoms with Gasteiger partial charge in [-0.1, -0.05) is 0 Å². The molecule has 0 radical (unpaired) electrons. The van der Waals surface area contributed by atoms with Crippen LogP contribution in [0.2, 0.25) is 0 Å². The summed E-state index contributed by atoms with van der Waals surface area (Å²) < 4.78 is 0. The fraction of sp³-hybridized carbons (Fsp3) is 0.312. The Hall–Kier alpha value is -2.21. The Bertz CT molecular complexity index is 683. The van der Waals surface area contributed by atoms with E-state index in [2.05, 4.69) is 10.3 Å². The van der Waals surface area contributed by atoms with Crippen LogP contribution in [0.4, 0.5) is 0 Å². The number of carbonyl (C=O) groups is 2. The number of nitrogens with zero attached hydrogens (tertiary/aromatic N) is 1. The van der Waals surface area contributed by atoms with Crippen molar-refractivity contribution in [2.75, 3.05) is 0 Å². The summed E-state index contributed by atoms with van der Waals surface area (Å²) in [5.41, 5.74) is 2.93. The van der Waals surface area contributed by atoms with Crippen molar-refractivity contribution < 1.29 is 14.7 Å². The minimum atomic E-state index is -0.935. The number of aryl methyl sites for hydroxylation is 1. The van der Waals surface area contributed by atoms with Gasteiger partial charge in [-0.3, -0.25) is 14.6 Å². The van der Waals surface area contributed by atoms with Gasteiger partial charge < -0.3 is 10.4 Å². The Balaban J connectivity index is 2.15. The molecule has 0 fully saturated rings. The number of carboxylic acids is 1. The number of thiophene rings is 1. The molecule has 2 heterocycles. The number of carboxylic acid groups (broad SMARTS) is 1. The van der Waals surface area contributed by atoms with E-state index in [4.69, 9.17) is 5.11 Å². The average Bonchev–Trinajstić information content (AvgIpc) is 3.00. The van der Waals surface area contributed by atoms with E-state index in [0.29, 0.717) is 11.3 Å². The van der Waals surface area contributed by atoms with E-state index in [0.717, 1.165) is 11.3 Å². The van der Waals surface area contributed by atoms with Crippen LogP contribution in [0.1, 0.15) is 29.9 Å². The van der Waals surface area contributed by atoms with E-state index >= 15 is 0 Å². The molecule has 2 aromatic rings. The van der Waals surface area contributed by atoms with E-state index in [1.54, 1.807) is 44.2 Å². The lowest BCUT2D eigenvalue weighted by molar-refractivity contribution is -0.141. The van der Waals surface area contributed by atoms with Crippen LogP contribution in [0.3, 0.4) is 0 Å². The molecule has 2 aromatic heterocycles.